The Balaban J connectivity index is 1.28. The third kappa shape index (κ3) is 3.98. The summed E-state index contributed by atoms with van der Waals surface area (Å²) < 4.78 is 12.4. The van der Waals surface area contributed by atoms with Crippen LogP contribution >= 0.6 is 0 Å². The quantitative estimate of drug-likeness (QED) is 0.212. The molecule has 0 aliphatic rings. The maximum absolute atomic E-state index is 6.22. The topological polar surface area (TPSA) is 65.0 Å². The summed E-state index contributed by atoms with van der Waals surface area (Å²) in [5.41, 5.74) is 8.15. The maximum Gasteiger partial charge on any atom is 0.164 e. The SMILES string of the molecule is c1ccc(-c2cccc(-c3nc(-c4ccc5c(c4)oc4ccccc45)nc(-c4cccc5oc6ccccc6c45)n3)c2)cc1. The Morgan fingerprint density at radius 1 is 0.341 bits per heavy atom. The minimum absolute atomic E-state index is 0.572. The summed E-state index contributed by atoms with van der Waals surface area (Å²) in [5, 5.41) is 4.15. The second-order valence-electron chi connectivity index (χ2n) is 10.8. The van der Waals surface area contributed by atoms with E-state index < -0.39 is 0 Å². The first-order valence-corrected chi connectivity index (χ1v) is 14.5. The molecular weight excluding hydrogens is 542 g/mol. The van der Waals surface area contributed by atoms with Gasteiger partial charge < -0.3 is 8.83 Å². The Morgan fingerprint density at radius 2 is 0.909 bits per heavy atom. The second kappa shape index (κ2) is 9.75. The monoisotopic (exact) mass is 565 g/mol. The molecule has 0 radical (unpaired) electrons. The summed E-state index contributed by atoms with van der Waals surface area (Å²) >= 11 is 0. The van der Waals surface area contributed by atoms with Crippen LogP contribution < -0.4 is 0 Å². The summed E-state index contributed by atoms with van der Waals surface area (Å²) in [7, 11) is 0. The smallest absolute Gasteiger partial charge is 0.164 e. The molecule has 0 amide bonds. The van der Waals surface area contributed by atoms with Crippen LogP contribution in [0.2, 0.25) is 0 Å². The summed E-state index contributed by atoms with van der Waals surface area (Å²) in [6, 6.07) is 47.0. The van der Waals surface area contributed by atoms with E-state index in [0.29, 0.717) is 17.5 Å². The van der Waals surface area contributed by atoms with Crippen molar-refractivity contribution in [2.45, 2.75) is 0 Å². The van der Waals surface area contributed by atoms with Crippen molar-refractivity contribution < 1.29 is 8.83 Å². The van der Waals surface area contributed by atoms with E-state index in [0.717, 1.165) is 71.7 Å². The van der Waals surface area contributed by atoms with E-state index >= 15 is 0 Å². The lowest BCUT2D eigenvalue weighted by atomic mass is 10.0. The first kappa shape index (κ1) is 24.5. The van der Waals surface area contributed by atoms with Crippen LogP contribution in [0.3, 0.4) is 0 Å². The zero-order chi connectivity index (χ0) is 29.0. The van der Waals surface area contributed by atoms with Crippen LogP contribution in [-0.4, -0.2) is 15.0 Å². The zero-order valence-corrected chi connectivity index (χ0v) is 23.4. The number of fused-ring (bicyclic) bond motifs is 6. The van der Waals surface area contributed by atoms with Crippen molar-refractivity contribution in [1.29, 1.82) is 0 Å². The van der Waals surface area contributed by atoms with Crippen molar-refractivity contribution in [3.05, 3.63) is 140 Å². The molecule has 9 aromatic rings. The van der Waals surface area contributed by atoms with Gasteiger partial charge >= 0.3 is 0 Å². The molecule has 9 rings (SSSR count). The molecule has 206 valence electrons. The van der Waals surface area contributed by atoms with Crippen LogP contribution in [0.4, 0.5) is 0 Å². The zero-order valence-electron chi connectivity index (χ0n) is 23.4. The Bertz CT molecular complexity index is 2510. The van der Waals surface area contributed by atoms with Crippen molar-refractivity contribution in [1.82, 2.24) is 15.0 Å². The lowest BCUT2D eigenvalue weighted by molar-refractivity contribution is 0.668. The van der Waals surface area contributed by atoms with Gasteiger partial charge in [0.1, 0.15) is 22.3 Å². The molecule has 0 bridgehead atoms. The minimum atomic E-state index is 0.572. The first-order chi connectivity index (χ1) is 21.8. The molecule has 0 saturated carbocycles. The predicted molar refractivity (Wildman–Crippen MR) is 176 cm³/mol. The van der Waals surface area contributed by atoms with Crippen molar-refractivity contribution in [2.24, 2.45) is 0 Å². The van der Waals surface area contributed by atoms with Gasteiger partial charge in [-0.05, 0) is 47.5 Å². The highest BCUT2D eigenvalue weighted by molar-refractivity contribution is 6.12. The van der Waals surface area contributed by atoms with Gasteiger partial charge in [0.05, 0.1) is 0 Å². The van der Waals surface area contributed by atoms with Gasteiger partial charge in [0.2, 0.25) is 0 Å². The summed E-state index contributed by atoms with van der Waals surface area (Å²) in [6.45, 7) is 0. The fraction of sp³-hybridized carbons (Fsp3) is 0. The highest BCUT2D eigenvalue weighted by atomic mass is 16.3. The molecule has 0 N–H and O–H groups in total. The third-order valence-corrected chi connectivity index (χ3v) is 8.14. The molecule has 0 aliphatic heterocycles. The first-order valence-electron chi connectivity index (χ1n) is 14.5. The number of hydrogen-bond donors (Lipinski definition) is 0. The van der Waals surface area contributed by atoms with Gasteiger partial charge in [0.25, 0.3) is 0 Å². The molecule has 0 aliphatic carbocycles. The molecule has 0 fully saturated rings. The Morgan fingerprint density at radius 3 is 1.75 bits per heavy atom. The van der Waals surface area contributed by atoms with Crippen LogP contribution in [0.25, 0.3) is 89.2 Å². The highest BCUT2D eigenvalue weighted by Crippen LogP contribution is 2.37. The molecular formula is C39H23N3O2. The van der Waals surface area contributed by atoms with Crippen molar-refractivity contribution in [2.75, 3.05) is 0 Å². The van der Waals surface area contributed by atoms with Crippen LogP contribution in [0.1, 0.15) is 0 Å². The molecule has 5 nitrogen and oxygen atoms in total. The molecule has 5 heteroatoms. The van der Waals surface area contributed by atoms with Gasteiger partial charge in [-0.3, -0.25) is 0 Å². The normalized spacial score (nSPS) is 11.6. The largest absolute Gasteiger partial charge is 0.456 e. The molecule has 44 heavy (non-hydrogen) atoms. The number of para-hydroxylation sites is 2. The Labute approximate surface area is 252 Å². The second-order valence-corrected chi connectivity index (χ2v) is 10.8. The maximum atomic E-state index is 6.22. The highest BCUT2D eigenvalue weighted by Gasteiger charge is 2.18. The molecule has 6 aromatic carbocycles. The standard InChI is InChI=1S/C39H23N3O2/c1-2-10-24(11-3-1)25-12-8-13-26(22-25)37-40-38(27-20-21-29-28-14-4-6-17-32(28)44-35(29)23-27)42-39(41-37)31-16-9-19-34-36(31)30-15-5-7-18-33(30)43-34/h1-23H. The van der Waals surface area contributed by atoms with Crippen LogP contribution in [0, 0.1) is 0 Å². The number of benzene rings is 6. The molecule has 3 aromatic heterocycles. The van der Waals surface area contributed by atoms with E-state index in [9.17, 15) is 0 Å². The number of hydrogen-bond acceptors (Lipinski definition) is 5. The fourth-order valence-corrected chi connectivity index (χ4v) is 6.05. The van der Waals surface area contributed by atoms with E-state index in [1.165, 1.54) is 0 Å². The third-order valence-electron chi connectivity index (χ3n) is 8.14. The van der Waals surface area contributed by atoms with Crippen molar-refractivity contribution in [3.63, 3.8) is 0 Å². The Kier molecular flexibility index (Phi) is 5.43. The van der Waals surface area contributed by atoms with Crippen LogP contribution in [-0.2, 0) is 0 Å². The van der Waals surface area contributed by atoms with Gasteiger partial charge in [-0.25, -0.2) is 15.0 Å². The number of nitrogens with zero attached hydrogens (tertiary/aromatic N) is 3. The van der Waals surface area contributed by atoms with Crippen LogP contribution in [0.5, 0.6) is 0 Å². The van der Waals surface area contributed by atoms with Gasteiger partial charge in [0.15, 0.2) is 17.5 Å². The molecule has 3 heterocycles. The van der Waals surface area contributed by atoms with Gasteiger partial charge in [0, 0.05) is 38.2 Å². The van der Waals surface area contributed by atoms with E-state index in [4.69, 9.17) is 23.8 Å². The molecule has 0 saturated heterocycles. The number of furan rings is 2. The van der Waals surface area contributed by atoms with Crippen LogP contribution in [0.15, 0.2) is 148 Å². The van der Waals surface area contributed by atoms with E-state index in [1.807, 2.05) is 84.9 Å². The van der Waals surface area contributed by atoms with Gasteiger partial charge in [-0.1, -0.05) is 103 Å². The number of aromatic nitrogens is 3. The molecule has 0 spiro atoms. The van der Waals surface area contributed by atoms with E-state index in [1.54, 1.807) is 0 Å². The van der Waals surface area contributed by atoms with Gasteiger partial charge in [-0.15, -0.1) is 0 Å². The lowest BCUT2D eigenvalue weighted by Crippen LogP contribution is -2.00. The van der Waals surface area contributed by atoms with Crippen molar-refractivity contribution in [3.8, 4) is 45.3 Å². The summed E-state index contributed by atoms with van der Waals surface area (Å²) in [5.74, 6) is 1.75. The molecule has 0 atom stereocenters. The average Bonchev–Trinajstić information content (AvgIpc) is 3.66. The Hall–Kier alpha value is -6.07. The van der Waals surface area contributed by atoms with E-state index in [2.05, 4.69) is 54.6 Å². The molecule has 0 unspecified atom stereocenters. The fourth-order valence-electron chi connectivity index (χ4n) is 6.05. The minimum Gasteiger partial charge on any atom is -0.456 e. The lowest BCUT2D eigenvalue weighted by Gasteiger charge is -2.10. The summed E-state index contributed by atoms with van der Waals surface area (Å²) in [6.07, 6.45) is 0. The van der Waals surface area contributed by atoms with Gasteiger partial charge in [-0.2, -0.15) is 0 Å². The number of rotatable bonds is 4. The predicted octanol–water partition coefficient (Wildman–Crippen LogP) is 10.3. The summed E-state index contributed by atoms with van der Waals surface area (Å²) in [4.78, 5) is 15.2. The average molecular weight is 566 g/mol. The van der Waals surface area contributed by atoms with E-state index in [-0.39, 0.29) is 0 Å². The van der Waals surface area contributed by atoms with Crippen molar-refractivity contribution >= 4 is 43.9 Å².